The van der Waals surface area contributed by atoms with E-state index < -0.39 is 11.8 Å². The minimum atomic E-state index is -0.719. The second kappa shape index (κ2) is 7.36. The van der Waals surface area contributed by atoms with Crippen molar-refractivity contribution < 1.29 is 14.7 Å². The van der Waals surface area contributed by atoms with Crippen molar-refractivity contribution in [1.82, 2.24) is 25.6 Å². The van der Waals surface area contributed by atoms with Crippen LogP contribution in [0.1, 0.15) is 37.8 Å². The SMILES string of the molecule is CCc1nc(C)c(C(=O)NNC(=O)c2nn(-c3ccccc3)cc2O)s1. The molecule has 9 heteroatoms. The van der Waals surface area contributed by atoms with Crippen LogP contribution in [0, 0.1) is 6.92 Å². The molecule has 2 heterocycles. The van der Waals surface area contributed by atoms with Crippen molar-refractivity contribution in [2.45, 2.75) is 20.3 Å². The van der Waals surface area contributed by atoms with Gasteiger partial charge in [0.15, 0.2) is 11.4 Å². The number of carbonyl (C=O) groups excluding carboxylic acids is 2. The molecule has 3 rings (SSSR count). The lowest BCUT2D eigenvalue weighted by Crippen LogP contribution is -2.41. The summed E-state index contributed by atoms with van der Waals surface area (Å²) in [4.78, 5) is 29.1. The summed E-state index contributed by atoms with van der Waals surface area (Å²) in [6.07, 6.45) is 2.06. The van der Waals surface area contributed by atoms with Crippen molar-refractivity contribution >= 4 is 23.2 Å². The van der Waals surface area contributed by atoms with E-state index >= 15 is 0 Å². The molecule has 0 unspecified atom stereocenters. The number of aromatic nitrogens is 3. The maximum atomic E-state index is 12.2. The van der Waals surface area contributed by atoms with E-state index in [-0.39, 0.29) is 11.4 Å². The summed E-state index contributed by atoms with van der Waals surface area (Å²) in [6.45, 7) is 3.69. The van der Waals surface area contributed by atoms with Gasteiger partial charge in [-0.25, -0.2) is 9.67 Å². The number of carbonyl (C=O) groups is 2. The van der Waals surface area contributed by atoms with Crippen LogP contribution in [0.2, 0.25) is 0 Å². The molecule has 0 bridgehead atoms. The third kappa shape index (κ3) is 3.57. The van der Waals surface area contributed by atoms with Crippen LogP contribution in [0.5, 0.6) is 5.75 Å². The molecule has 3 aromatic rings. The number of rotatable bonds is 4. The number of benzene rings is 1. The lowest BCUT2D eigenvalue weighted by Gasteiger charge is -2.05. The van der Waals surface area contributed by atoms with E-state index in [9.17, 15) is 14.7 Å². The zero-order chi connectivity index (χ0) is 18.7. The Morgan fingerprint density at radius 3 is 2.54 bits per heavy atom. The Hall–Kier alpha value is -3.20. The smallest absolute Gasteiger partial charge is 0.294 e. The van der Waals surface area contributed by atoms with Gasteiger partial charge in [-0.3, -0.25) is 20.4 Å². The molecule has 0 fully saturated rings. The summed E-state index contributed by atoms with van der Waals surface area (Å²) in [7, 11) is 0. The second-order valence-corrected chi connectivity index (χ2v) is 6.51. The third-order valence-electron chi connectivity index (χ3n) is 3.57. The fourth-order valence-corrected chi connectivity index (χ4v) is 3.18. The van der Waals surface area contributed by atoms with Crippen LogP contribution in [0.15, 0.2) is 36.5 Å². The molecule has 2 aromatic heterocycles. The predicted octanol–water partition coefficient (Wildman–Crippen LogP) is 1.98. The molecule has 2 amide bonds. The quantitative estimate of drug-likeness (QED) is 0.608. The molecular formula is C17H17N5O3S. The van der Waals surface area contributed by atoms with Gasteiger partial charge in [-0.15, -0.1) is 11.3 Å². The highest BCUT2D eigenvalue weighted by molar-refractivity contribution is 7.13. The van der Waals surface area contributed by atoms with Crippen LogP contribution in [0.3, 0.4) is 0 Å². The van der Waals surface area contributed by atoms with Gasteiger partial charge in [0.1, 0.15) is 4.88 Å². The number of hydrogen-bond donors (Lipinski definition) is 3. The van der Waals surface area contributed by atoms with Gasteiger partial charge in [0.05, 0.1) is 22.6 Å². The number of aromatic hydroxyl groups is 1. The van der Waals surface area contributed by atoms with Crippen molar-refractivity contribution in [2.75, 3.05) is 0 Å². The van der Waals surface area contributed by atoms with Crippen molar-refractivity contribution in [3.05, 3.63) is 57.8 Å². The molecule has 0 aliphatic heterocycles. The molecule has 0 spiro atoms. The first kappa shape index (κ1) is 17.6. The summed E-state index contributed by atoms with van der Waals surface area (Å²) in [6, 6.07) is 9.05. The average molecular weight is 371 g/mol. The fraction of sp³-hybridized carbons (Fsp3) is 0.176. The van der Waals surface area contributed by atoms with Crippen molar-refractivity contribution in [3.8, 4) is 11.4 Å². The van der Waals surface area contributed by atoms with E-state index in [4.69, 9.17) is 0 Å². The number of nitrogens with zero attached hydrogens (tertiary/aromatic N) is 3. The fourth-order valence-electron chi connectivity index (χ4n) is 2.28. The molecule has 0 saturated heterocycles. The van der Waals surface area contributed by atoms with Gasteiger partial charge in [0.2, 0.25) is 0 Å². The van der Waals surface area contributed by atoms with E-state index in [2.05, 4.69) is 20.9 Å². The molecule has 8 nitrogen and oxygen atoms in total. The summed E-state index contributed by atoms with van der Waals surface area (Å²) < 4.78 is 1.38. The highest BCUT2D eigenvalue weighted by Gasteiger charge is 2.19. The van der Waals surface area contributed by atoms with E-state index in [1.165, 1.54) is 22.2 Å². The molecule has 0 aliphatic carbocycles. The van der Waals surface area contributed by atoms with E-state index in [1.54, 1.807) is 19.1 Å². The summed E-state index contributed by atoms with van der Waals surface area (Å²) in [5.41, 5.74) is 5.69. The number of nitrogens with one attached hydrogen (secondary N) is 2. The Bertz CT molecular complexity index is 949. The zero-order valence-electron chi connectivity index (χ0n) is 14.2. The Morgan fingerprint density at radius 1 is 1.19 bits per heavy atom. The van der Waals surface area contributed by atoms with Gasteiger partial charge in [-0.05, 0) is 25.5 Å². The minimum Gasteiger partial charge on any atom is -0.504 e. The standard InChI is InChI=1S/C17H17N5O3S/c1-3-13-18-10(2)15(26-13)17(25)20-19-16(24)14-12(23)9-22(21-14)11-7-5-4-6-8-11/h4-9,23H,3H2,1-2H3,(H,19,24)(H,20,25). The normalized spacial score (nSPS) is 10.5. The Balaban J connectivity index is 1.69. The lowest BCUT2D eigenvalue weighted by atomic mass is 10.3. The molecule has 1 aromatic carbocycles. The van der Waals surface area contributed by atoms with Crippen molar-refractivity contribution in [1.29, 1.82) is 0 Å². The first-order valence-electron chi connectivity index (χ1n) is 7.90. The topological polar surface area (TPSA) is 109 Å². The molecule has 3 N–H and O–H groups in total. The maximum Gasteiger partial charge on any atom is 0.294 e. The Kier molecular flexibility index (Phi) is 4.99. The summed E-state index contributed by atoms with van der Waals surface area (Å²) in [5.74, 6) is -1.47. The Morgan fingerprint density at radius 2 is 1.88 bits per heavy atom. The molecule has 0 aliphatic rings. The average Bonchev–Trinajstić information content (AvgIpc) is 3.23. The number of hydrazine groups is 1. The van der Waals surface area contributed by atoms with Crippen LogP contribution in [0.25, 0.3) is 5.69 Å². The lowest BCUT2D eigenvalue weighted by molar-refractivity contribution is 0.0843. The monoisotopic (exact) mass is 371 g/mol. The first-order chi connectivity index (χ1) is 12.5. The molecule has 26 heavy (non-hydrogen) atoms. The Labute approximate surface area is 153 Å². The number of para-hydroxylation sites is 1. The maximum absolute atomic E-state index is 12.2. The zero-order valence-corrected chi connectivity index (χ0v) is 15.0. The first-order valence-corrected chi connectivity index (χ1v) is 8.72. The summed E-state index contributed by atoms with van der Waals surface area (Å²) in [5, 5.41) is 14.9. The van der Waals surface area contributed by atoms with Crippen molar-refractivity contribution in [2.24, 2.45) is 0 Å². The predicted molar refractivity (Wildman–Crippen MR) is 96.4 cm³/mol. The van der Waals surface area contributed by atoms with Gasteiger partial charge in [0.25, 0.3) is 11.8 Å². The van der Waals surface area contributed by atoms with E-state index in [0.717, 1.165) is 11.4 Å². The van der Waals surface area contributed by atoms with E-state index in [1.807, 2.05) is 25.1 Å². The van der Waals surface area contributed by atoms with Crippen LogP contribution < -0.4 is 10.9 Å². The van der Waals surface area contributed by atoms with E-state index in [0.29, 0.717) is 16.3 Å². The van der Waals surface area contributed by atoms with Gasteiger partial charge < -0.3 is 5.11 Å². The third-order valence-corrected chi connectivity index (χ3v) is 4.87. The minimum absolute atomic E-state index is 0.190. The number of aryl methyl sites for hydroxylation is 2. The van der Waals surface area contributed by atoms with Crippen LogP contribution in [0.4, 0.5) is 0 Å². The van der Waals surface area contributed by atoms with Crippen LogP contribution >= 0.6 is 11.3 Å². The van der Waals surface area contributed by atoms with Gasteiger partial charge in [0, 0.05) is 0 Å². The molecule has 0 radical (unpaired) electrons. The highest BCUT2D eigenvalue weighted by atomic mass is 32.1. The van der Waals surface area contributed by atoms with Gasteiger partial charge >= 0.3 is 0 Å². The second-order valence-electron chi connectivity index (χ2n) is 5.43. The molecule has 0 saturated carbocycles. The van der Waals surface area contributed by atoms with Crippen LogP contribution in [-0.4, -0.2) is 31.7 Å². The van der Waals surface area contributed by atoms with Crippen LogP contribution in [-0.2, 0) is 6.42 Å². The molecular weight excluding hydrogens is 354 g/mol. The molecule has 0 atom stereocenters. The largest absolute Gasteiger partial charge is 0.504 e. The highest BCUT2D eigenvalue weighted by Crippen LogP contribution is 2.19. The molecule has 134 valence electrons. The number of thiazole rings is 1. The summed E-state index contributed by atoms with van der Waals surface area (Å²) >= 11 is 1.28. The van der Waals surface area contributed by atoms with Gasteiger partial charge in [-0.2, -0.15) is 5.10 Å². The number of hydrogen-bond acceptors (Lipinski definition) is 6. The number of amides is 2. The van der Waals surface area contributed by atoms with Crippen molar-refractivity contribution in [3.63, 3.8) is 0 Å². The van der Waals surface area contributed by atoms with Gasteiger partial charge in [-0.1, -0.05) is 25.1 Å².